The molecule has 0 aliphatic heterocycles. The van der Waals surface area contributed by atoms with Gasteiger partial charge in [0.25, 0.3) is 0 Å². The molecule has 0 radical (unpaired) electrons. The Morgan fingerprint density at radius 1 is 0.321 bits per heavy atom. The van der Waals surface area contributed by atoms with E-state index in [9.17, 15) is 0 Å². The third kappa shape index (κ3) is 26.1. The van der Waals surface area contributed by atoms with Gasteiger partial charge in [0.05, 0.1) is 28.3 Å². The molecule has 9 heteroatoms. The van der Waals surface area contributed by atoms with Crippen LogP contribution < -0.4 is 0 Å². The number of benzene rings is 7. The van der Waals surface area contributed by atoms with Crippen molar-refractivity contribution in [2.75, 3.05) is 0 Å². The number of aromatic nitrogens is 7. The predicted octanol–water partition coefficient (Wildman–Crippen LogP) is 22.4. The lowest BCUT2D eigenvalue weighted by atomic mass is 10.2. The first kappa shape index (κ1) is 70.1. The SMILES string of the molecule is CC.CC.CC.CC.CC.CC.CC.c1ccc2[nH]ccc2c1.c1ccc2cnccc2c1.c1ccc2ncccc2c1.c1ccc2nccnc2c1.c1ccc2ncncc2c1.c1ccc2occc2c1.c1ccc2sccc2c1. The Balaban J connectivity index is 0.000000456. The van der Waals surface area contributed by atoms with Crippen molar-refractivity contribution in [3.8, 4) is 0 Å². The highest BCUT2D eigenvalue weighted by atomic mass is 32.1. The van der Waals surface area contributed by atoms with E-state index in [1.165, 1.54) is 37.1 Å². The topological polar surface area (TPSA) is 106 Å². The number of nitrogens with one attached hydrogen (secondary N) is 1. The van der Waals surface area contributed by atoms with Gasteiger partial charge in [-0.1, -0.05) is 230 Å². The first-order chi connectivity index (χ1) is 40.3. The molecular weight excluding hydrogens is 1010 g/mol. The number of fused-ring (bicyclic) bond motifs is 7. The summed E-state index contributed by atoms with van der Waals surface area (Å²) in [5, 5.41) is 10.6. The van der Waals surface area contributed by atoms with Crippen LogP contribution >= 0.6 is 11.3 Å². The molecule has 0 saturated carbocycles. The molecule has 0 aliphatic rings. The molecule has 14 aromatic rings. The summed E-state index contributed by atoms with van der Waals surface area (Å²) < 4.78 is 6.49. The maximum absolute atomic E-state index is 5.12. The Kier molecular flexibility index (Phi) is 40.8. The standard InChI is InChI=1S/2C9H7N.2C8H6N2.C8H7N.C8H6O.C8H6S.7C2H6/c1-2-6-9-8(4-1)5-3-7-10-9;1-2-4-9-7-10-6-5-8(9)3-1;1-2-4-8-7(3-1)5-9-6-10-8;1-2-4-8-7(3-1)9-5-6-10-8;3*1-2-4-8-7(3-1)5-6-9-8;7*1-2/h2*1-7H;2*1-6H;1-6,9H;2*1-6H;7*1-2H3. The summed E-state index contributed by atoms with van der Waals surface area (Å²) in [6.45, 7) is 28.0. The van der Waals surface area contributed by atoms with Gasteiger partial charge in [-0.2, -0.15) is 0 Å². The van der Waals surface area contributed by atoms with Gasteiger partial charge in [0.15, 0.2) is 0 Å². The number of H-pyrrole nitrogens is 1. The summed E-state index contributed by atoms with van der Waals surface area (Å²) in [5.74, 6) is 0. The maximum Gasteiger partial charge on any atom is 0.133 e. The first-order valence-electron chi connectivity index (χ1n) is 28.5. The third-order valence-electron chi connectivity index (χ3n) is 10.0. The number of rotatable bonds is 0. The molecule has 0 atom stereocenters. The largest absolute Gasteiger partial charge is 0.464 e. The number of hydrogen-bond acceptors (Lipinski definition) is 8. The number of aromatic amines is 1. The number of hydrogen-bond donors (Lipinski definition) is 1. The van der Waals surface area contributed by atoms with Crippen LogP contribution in [0.1, 0.15) is 96.9 Å². The lowest BCUT2D eigenvalue weighted by molar-refractivity contribution is 0.616. The summed E-state index contributed by atoms with van der Waals surface area (Å²) in [6.07, 6.45) is 15.9. The van der Waals surface area contributed by atoms with E-state index >= 15 is 0 Å². The van der Waals surface area contributed by atoms with E-state index in [4.69, 9.17) is 4.42 Å². The van der Waals surface area contributed by atoms with Crippen LogP contribution in [-0.2, 0) is 0 Å². The second kappa shape index (κ2) is 47.1. The molecule has 7 heterocycles. The minimum absolute atomic E-state index is 0.949. The van der Waals surface area contributed by atoms with Crippen molar-refractivity contribution in [3.05, 3.63) is 268 Å². The van der Waals surface area contributed by atoms with Gasteiger partial charge in [-0.3, -0.25) is 19.9 Å². The monoisotopic (exact) mass is 1100 g/mol. The zero-order chi connectivity index (χ0) is 59.6. The average molecular weight is 1100 g/mol. The second-order valence-corrected chi connectivity index (χ2v) is 15.5. The van der Waals surface area contributed by atoms with Crippen LogP contribution in [0.2, 0.25) is 0 Å². The Bertz CT molecular complexity index is 2870. The molecule has 0 unspecified atom stereocenters. The fourth-order valence-corrected chi connectivity index (χ4v) is 7.47. The number of para-hydroxylation sites is 6. The quantitative estimate of drug-likeness (QED) is 0.161. The van der Waals surface area contributed by atoms with Gasteiger partial charge >= 0.3 is 0 Å². The van der Waals surface area contributed by atoms with E-state index in [0.29, 0.717) is 0 Å². The van der Waals surface area contributed by atoms with E-state index in [2.05, 4.69) is 113 Å². The number of thiophene rings is 1. The highest BCUT2D eigenvalue weighted by Crippen LogP contribution is 2.19. The van der Waals surface area contributed by atoms with E-state index < -0.39 is 0 Å². The van der Waals surface area contributed by atoms with E-state index in [-0.39, 0.29) is 0 Å². The molecule has 0 aliphatic carbocycles. The van der Waals surface area contributed by atoms with Crippen LogP contribution in [-0.4, -0.2) is 34.9 Å². The van der Waals surface area contributed by atoms with Gasteiger partial charge in [0.1, 0.15) is 11.9 Å². The molecule has 0 fully saturated rings. The molecule has 422 valence electrons. The van der Waals surface area contributed by atoms with Crippen LogP contribution in [0.3, 0.4) is 0 Å². The van der Waals surface area contributed by atoms with Gasteiger partial charge in [-0.05, 0) is 99.7 Å². The van der Waals surface area contributed by atoms with Crippen LogP contribution in [0.4, 0.5) is 0 Å². The van der Waals surface area contributed by atoms with Gasteiger partial charge in [0, 0.05) is 69.8 Å². The lowest BCUT2D eigenvalue weighted by Gasteiger charge is -1.91. The van der Waals surface area contributed by atoms with Crippen molar-refractivity contribution in [2.45, 2.75) is 96.9 Å². The van der Waals surface area contributed by atoms with Crippen LogP contribution in [0.5, 0.6) is 0 Å². The molecule has 0 spiro atoms. The maximum atomic E-state index is 5.12. The average Bonchev–Trinajstić information content (AvgIpc) is 4.40. The van der Waals surface area contributed by atoms with Gasteiger partial charge < -0.3 is 9.40 Å². The molecule has 0 bridgehead atoms. The zero-order valence-electron chi connectivity index (χ0n) is 50.4. The molecule has 7 aromatic carbocycles. The van der Waals surface area contributed by atoms with Gasteiger partial charge in [-0.15, -0.1) is 11.3 Å². The van der Waals surface area contributed by atoms with Crippen molar-refractivity contribution in [2.24, 2.45) is 0 Å². The number of nitrogens with zero attached hydrogens (tertiary/aromatic N) is 6. The molecule has 0 saturated heterocycles. The first-order valence-corrected chi connectivity index (χ1v) is 29.4. The van der Waals surface area contributed by atoms with Crippen molar-refractivity contribution in [3.63, 3.8) is 0 Å². The number of furan rings is 1. The molecule has 14 rings (SSSR count). The second-order valence-electron chi connectivity index (χ2n) is 14.5. The van der Waals surface area contributed by atoms with E-state index in [0.717, 1.165) is 38.4 Å². The van der Waals surface area contributed by atoms with Crippen LogP contribution in [0, 0.1) is 0 Å². The minimum atomic E-state index is 0.949. The summed E-state index contributed by atoms with van der Waals surface area (Å²) in [4.78, 5) is 27.5. The Hall–Kier alpha value is -8.92. The fraction of sp³-hybridized carbons (Fsp3) is 0.194. The summed E-state index contributed by atoms with van der Waals surface area (Å²) >= 11 is 1.79. The summed E-state index contributed by atoms with van der Waals surface area (Å²) in [5.41, 5.74) is 6.12. The smallest absolute Gasteiger partial charge is 0.133 e. The van der Waals surface area contributed by atoms with Crippen LogP contribution in [0.15, 0.2) is 272 Å². The third-order valence-corrected chi connectivity index (χ3v) is 10.9. The van der Waals surface area contributed by atoms with Gasteiger partial charge in [-0.25, -0.2) is 9.97 Å². The molecule has 7 aromatic heterocycles. The zero-order valence-corrected chi connectivity index (χ0v) is 51.2. The predicted molar refractivity (Wildman–Crippen MR) is 358 cm³/mol. The molecule has 1 N–H and O–H groups in total. The summed E-state index contributed by atoms with van der Waals surface area (Å²) in [7, 11) is 0. The Labute approximate surface area is 488 Å². The van der Waals surface area contributed by atoms with Crippen molar-refractivity contribution >= 4 is 86.9 Å². The fourth-order valence-electron chi connectivity index (χ4n) is 6.68. The highest BCUT2D eigenvalue weighted by molar-refractivity contribution is 7.17. The highest BCUT2D eigenvalue weighted by Gasteiger charge is 1.93. The lowest BCUT2D eigenvalue weighted by Crippen LogP contribution is -1.78. The van der Waals surface area contributed by atoms with Crippen LogP contribution in [0.25, 0.3) is 75.6 Å². The van der Waals surface area contributed by atoms with E-state index in [1.54, 1.807) is 36.3 Å². The molecule has 0 amide bonds. The van der Waals surface area contributed by atoms with Crippen molar-refractivity contribution in [1.82, 2.24) is 34.9 Å². The Morgan fingerprint density at radius 2 is 0.790 bits per heavy atom. The normalized spacial score (nSPS) is 8.86. The molecular formula is C72H87N7OS. The number of pyridine rings is 2. The van der Waals surface area contributed by atoms with Crippen molar-refractivity contribution in [1.29, 1.82) is 0 Å². The Morgan fingerprint density at radius 3 is 1.37 bits per heavy atom. The molecule has 8 nitrogen and oxygen atoms in total. The van der Waals surface area contributed by atoms with Gasteiger partial charge in [0.2, 0.25) is 0 Å². The van der Waals surface area contributed by atoms with E-state index in [1.807, 2.05) is 261 Å². The molecule has 81 heavy (non-hydrogen) atoms. The van der Waals surface area contributed by atoms with Crippen molar-refractivity contribution < 1.29 is 4.42 Å². The summed E-state index contributed by atoms with van der Waals surface area (Å²) in [6, 6.07) is 68.7. The minimum Gasteiger partial charge on any atom is -0.464 e.